The molecule has 1 heterocycles. The maximum Gasteiger partial charge on any atom is 0.0521 e. The number of para-hydroxylation sites is 1. The Hall–Kier alpha value is -1.28. The highest BCUT2D eigenvalue weighted by Crippen LogP contribution is 2.36. The lowest BCUT2D eigenvalue weighted by atomic mass is 9.96. The van der Waals surface area contributed by atoms with Crippen LogP contribution in [0.3, 0.4) is 0 Å². The average molecular weight is 202 g/mol. The van der Waals surface area contributed by atoms with E-state index >= 15 is 0 Å². The first-order valence-electron chi connectivity index (χ1n) is 5.46. The molecule has 0 saturated carbocycles. The fourth-order valence-corrected chi connectivity index (χ4v) is 2.34. The normalized spacial score (nSPS) is 19.9. The van der Waals surface area contributed by atoms with Crippen LogP contribution in [-0.2, 0) is 0 Å². The molecule has 0 fully saturated rings. The topological polar surface area (TPSA) is 29.3 Å². The summed E-state index contributed by atoms with van der Waals surface area (Å²) in [6.07, 6.45) is 2.13. The summed E-state index contributed by atoms with van der Waals surface area (Å²) in [7, 11) is 0. The van der Waals surface area contributed by atoms with Crippen LogP contribution < -0.4 is 10.6 Å². The maximum absolute atomic E-state index is 6.12. The van der Waals surface area contributed by atoms with Gasteiger partial charge in [-0.15, -0.1) is 0 Å². The molecule has 0 saturated heterocycles. The lowest BCUT2D eigenvalue weighted by Gasteiger charge is -2.34. The zero-order valence-corrected chi connectivity index (χ0v) is 9.62. The molecule has 15 heavy (non-hydrogen) atoms. The molecule has 1 aliphatic heterocycles. The third-order valence-electron chi connectivity index (χ3n) is 3.06. The zero-order valence-electron chi connectivity index (χ0n) is 9.62. The first-order chi connectivity index (χ1) is 7.15. The number of anilines is 1. The smallest absolute Gasteiger partial charge is 0.0521 e. The number of nitrogens with zero attached hydrogens (tertiary/aromatic N) is 1. The van der Waals surface area contributed by atoms with Crippen molar-refractivity contribution in [1.29, 1.82) is 0 Å². The van der Waals surface area contributed by atoms with Crippen molar-refractivity contribution in [2.75, 3.05) is 11.4 Å². The number of fused-ring (bicyclic) bond motifs is 1. The molecule has 2 heteroatoms. The molecule has 0 bridgehead atoms. The molecular formula is C13H18N2. The molecule has 80 valence electrons. The van der Waals surface area contributed by atoms with Crippen molar-refractivity contribution in [1.82, 2.24) is 0 Å². The predicted octanol–water partition coefficient (Wildman–Crippen LogP) is 2.74. The van der Waals surface area contributed by atoms with Gasteiger partial charge in [-0.3, -0.25) is 0 Å². The van der Waals surface area contributed by atoms with Crippen LogP contribution in [0.2, 0.25) is 0 Å². The van der Waals surface area contributed by atoms with Crippen LogP contribution in [0, 0.1) is 6.92 Å². The fraction of sp³-hybridized carbons (Fsp3) is 0.385. The summed E-state index contributed by atoms with van der Waals surface area (Å²) in [6, 6.07) is 6.39. The summed E-state index contributed by atoms with van der Waals surface area (Å²) in [5, 5.41) is 0. The molecule has 1 aromatic rings. The number of hydrogen-bond donors (Lipinski definition) is 1. The molecule has 2 rings (SSSR count). The van der Waals surface area contributed by atoms with Crippen LogP contribution in [-0.4, -0.2) is 6.54 Å². The van der Waals surface area contributed by atoms with E-state index in [2.05, 4.69) is 49.9 Å². The third kappa shape index (κ3) is 1.55. The zero-order chi connectivity index (χ0) is 11.0. The molecule has 2 nitrogen and oxygen atoms in total. The first-order valence-corrected chi connectivity index (χ1v) is 5.46. The van der Waals surface area contributed by atoms with Gasteiger partial charge in [-0.25, -0.2) is 0 Å². The summed E-state index contributed by atoms with van der Waals surface area (Å²) in [6.45, 7) is 7.43. The summed E-state index contributed by atoms with van der Waals surface area (Å²) in [4.78, 5) is 2.33. The van der Waals surface area contributed by atoms with E-state index in [1.165, 1.54) is 22.5 Å². The Kier molecular flexibility index (Phi) is 2.53. The van der Waals surface area contributed by atoms with Crippen LogP contribution in [0.25, 0.3) is 0 Å². The van der Waals surface area contributed by atoms with Gasteiger partial charge in [0.25, 0.3) is 0 Å². The second kappa shape index (κ2) is 3.70. The molecular weight excluding hydrogens is 184 g/mol. The van der Waals surface area contributed by atoms with Crippen molar-refractivity contribution < 1.29 is 0 Å². The van der Waals surface area contributed by atoms with Gasteiger partial charge < -0.3 is 10.6 Å². The van der Waals surface area contributed by atoms with Crippen LogP contribution >= 0.6 is 0 Å². The van der Waals surface area contributed by atoms with E-state index in [9.17, 15) is 0 Å². The summed E-state index contributed by atoms with van der Waals surface area (Å²) >= 11 is 0. The molecule has 2 N–H and O–H groups in total. The fourth-order valence-electron chi connectivity index (χ4n) is 2.34. The van der Waals surface area contributed by atoms with Gasteiger partial charge >= 0.3 is 0 Å². The number of nitrogens with two attached hydrogens (primary N) is 1. The number of hydrogen-bond acceptors (Lipinski definition) is 2. The Morgan fingerprint density at radius 2 is 2.07 bits per heavy atom. The van der Waals surface area contributed by atoms with E-state index in [0.29, 0.717) is 0 Å². The summed E-state index contributed by atoms with van der Waals surface area (Å²) in [5.41, 5.74) is 11.2. The second-order valence-corrected chi connectivity index (χ2v) is 4.09. The number of rotatable bonds is 1. The lowest BCUT2D eigenvalue weighted by Crippen LogP contribution is -2.29. The van der Waals surface area contributed by atoms with Crippen LogP contribution in [0.15, 0.2) is 30.0 Å². The van der Waals surface area contributed by atoms with E-state index < -0.39 is 0 Å². The summed E-state index contributed by atoms with van der Waals surface area (Å²) in [5.74, 6) is 0. The highest BCUT2D eigenvalue weighted by atomic mass is 15.1. The predicted molar refractivity (Wildman–Crippen MR) is 64.9 cm³/mol. The Morgan fingerprint density at radius 3 is 2.73 bits per heavy atom. The van der Waals surface area contributed by atoms with E-state index in [1.807, 2.05) is 0 Å². The van der Waals surface area contributed by atoms with Gasteiger partial charge in [-0.2, -0.15) is 0 Å². The van der Waals surface area contributed by atoms with Gasteiger partial charge in [-0.1, -0.05) is 18.2 Å². The van der Waals surface area contributed by atoms with Gasteiger partial charge in [-0.05, 0) is 38.0 Å². The number of allylic oxidation sites excluding steroid dienone is 1. The van der Waals surface area contributed by atoms with E-state index in [-0.39, 0.29) is 6.04 Å². The van der Waals surface area contributed by atoms with E-state index in [0.717, 1.165) is 6.54 Å². The van der Waals surface area contributed by atoms with E-state index in [4.69, 9.17) is 5.73 Å². The minimum Gasteiger partial charge on any atom is -0.345 e. The van der Waals surface area contributed by atoms with Crippen molar-refractivity contribution in [3.8, 4) is 0 Å². The largest absolute Gasteiger partial charge is 0.345 e. The Morgan fingerprint density at radius 1 is 1.33 bits per heavy atom. The number of aryl methyl sites for hydroxylation is 1. The summed E-state index contributed by atoms with van der Waals surface area (Å²) < 4.78 is 0. The minimum absolute atomic E-state index is 0.0442. The molecule has 0 radical (unpaired) electrons. The molecule has 1 aliphatic rings. The Labute approximate surface area is 91.4 Å². The number of benzene rings is 1. The molecule has 0 spiro atoms. The van der Waals surface area contributed by atoms with Gasteiger partial charge in [0, 0.05) is 17.9 Å². The second-order valence-electron chi connectivity index (χ2n) is 4.09. The molecule has 1 unspecified atom stereocenters. The monoisotopic (exact) mass is 202 g/mol. The van der Waals surface area contributed by atoms with Crippen molar-refractivity contribution in [3.05, 3.63) is 41.1 Å². The molecule has 1 atom stereocenters. The molecule has 1 aromatic carbocycles. The quantitative estimate of drug-likeness (QED) is 0.758. The van der Waals surface area contributed by atoms with Gasteiger partial charge in [0.2, 0.25) is 0 Å². The van der Waals surface area contributed by atoms with Gasteiger partial charge in [0.05, 0.1) is 6.04 Å². The van der Waals surface area contributed by atoms with Crippen molar-refractivity contribution >= 4 is 5.69 Å². The van der Waals surface area contributed by atoms with Gasteiger partial charge in [0.15, 0.2) is 0 Å². The standard InChI is InChI=1S/C13H18N2/c1-4-15-10(3)8-12(14)11-7-5-6-9(2)13(11)15/h5-8,12H,4,14H2,1-3H3. The Balaban J connectivity index is 2.61. The molecule has 0 aliphatic carbocycles. The SMILES string of the molecule is CCN1C(C)=CC(N)c2cccc(C)c21. The van der Waals surface area contributed by atoms with Gasteiger partial charge in [0.1, 0.15) is 0 Å². The van der Waals surface area contributed by atoms with E-state index in [1.54, 1.807) is 0 Å². The minimum atomic E-state index is 0.0442. The first kappa shape index (κ1) is 10.2. The highest BCUT2D eigenvalue weighted by Gasteiger charge is 2.21. The molecule has 0 amide bonds. The molecule has 0 aromatic heterocycles. The maximum atomic E-state index is 6.12. The van der Waals surface area contributed by atoms with Crippen molar-refractivity contribution in [2.24, 2.45) is 5.73 Å². The third-order valence-corrected chi connectivity index (χ3v) is 3.06. The van der Waals surface area contributed by atoms with Crippen LogP contribution in [0.5, 0.6) is 0 Å². The van der Waals surface area contributed by atoms with Crippen molar-refractivity contribution in [2.45, 2.75) is 26.8 Å². The average Bonchev–Trinajstić information content (AvgIpc) is 2.20. The van der Waals surface area contributed by atoms with Crippen molar-refractivity contribution in [3.63, 3.8) is 0 Å². The Bertz CT molecular complexity index is 407. The highest BCUT2D eigenvalue weighted by molar-refractivity contribution is 5.66. The van der Waals surface area contributed by atoms with Crippen LogP contribution in [0.1, 0.15) is 31.0 Å². The lowest BCUT2D eigenvalue weighted by molar-refractivity contribution is 0.816. The van der Waals surface area contributed by atoms with Crippen LogP contribution in [0.4, 0.5) is 5.69 Å².